The topological polar surface area (TPSA) is 126 Å². The predicted molar refractivity (Wildman–Crippen MR) is 219 cm³/mol. The lowest BCUT2D eigenvalue weighted by Gasteiger charge is -2.38. The van der Waals surface area contributed by atoms with Gasteiger partial charge in [0.1, 0.15) is 17.9 Å². The van der Waals surface area contributed by atoms with E-state index in [4.69, 9.17) is 21.6 Å². The molecule has 0 spiro atoms. The number of benzene rings is 3. The molecule has 56 heavy (non-hydrogen) atoms. The summed E-state index contributed by atoms with van der Waals surface area (Å²) in [5.74, 6) is 1.91. The third-order valence-electron chi connectivity index (χ3n) is 11.8. The Balaban J connectivity index is 0.000000417. The summed E-state index contributed by atoms with van der Waals surface area (Å²) in [6.07, 6.45) is 9.39. The first-order valence-electron chi connectivity index (χ1n) is 19.9. The summed E-state index contributed by atoms with van der Waals surface area (Å²) >= 11 is 6.24. The van der Waals surface area contributed by atoms with Crippen LogP contribution in [0.3, 0.4) is 0 Å². The molecule has 0 aromatic heterocycles. The molecule has 3 aromatic rings. The maximum atomic E-state index is 11.4. The number of halogens is 1. The maximum absolute atomic E-state index is 11.4. The molecule has 4 aliphatic rings. The summed E-state index contributed by atoms with van der Waals surface area (Å²) in [5.41, 5.74) is 4.95. The zero-order valence-corrected chi connectivity index (χ0v) is 33.3. The van der Waals surface area contributed by atoms with Crippen LogP contribution in [-0.4, -0.2) is 106 Å². The van der Waals surface area contributed by atoms with Crippen LogP contribution in [-0.2, 0) is 9.59 Å². The molecule has 2 amide bonds. The molecule has 12 heteroatoms. The van der Waals surface area contributed by atoms with Gasteiger partial charge in [-0.15, -0.1) is 0 Å². The van der Waals surface area contributed by atoms with Crippen LogP contribution in [0.15, 0.2) is 60.7 Å². The van der Waals surface area contributed by atoms with Crippen LogP contribution in [0.4, 0.5) is 11.4 Å². The monoisotopic (exact) mass is 780 g/mol. The number of piperidine rings is 4. The molecule has 296 valence electrons. The molecule has 3 aromatic carbocycles. The van der Waals surface area contributed by atoms with Gasteiger partial charge >= 0.3 is 0 Å². The Morgan fingerprint density at radius 2 is 1.43 bits per heavy atom. The minimum atomic E-state index is -0.175. The van der Waals surface area contributed by atoms with E-state index in [1.165, 1.54) is 18.4 Å². The number of likely N-dealkylation sites (tertiary alicyclic amines) is 1. The molecule has 0 radical (unpaired) electrons. The number of carbonyl (C=O) groups excluding carboxylic acids is 4. The molecule has 4 aliphatic heterocycles. The van der Waals surface area contributed by atoms with E-state index in [0.29, 0.717) is 46.4 Å². The first-order chi connectivity index (χ1) is 27.1. The number of likely N-dealkylation sites (N-methyl/N-ethyl adjacent to an activating group) is 1. The van der Waals surface area contributed by atoms with Gasteiger partial charge in [0.25, 0.3) is 0 Å². The molecule has 0 aliphatic carbocycles. The van der Waals surface area contributed by atoms with Gasteiger partial charge in [-0.3, -0.25) is 29.4 Å². The number of nitrogens with one attached hydrogen (secondary N) is 1. The van der Waals surface area contributed by atoms with Gasteiger partial charge in [-0.05, 0) is 125 Å². The van der Waals surface area contributed by atoms with Crippen molar-refractivity contribution < 1.29 is 23.9 Å². The van der Waals surface area contributed by atoms with E-state index in [0.717, 1.165) is 101 Å². The quantitative estimate of drug-likeness (QED) is 0.184. The van der Waals surface area contributed by atoms with Crippen LogP contribution >= 0.6 is 11.6 Å². The molecule has 1 unspecified atom stereocenters. The zero-order chi connectivity index (χ0) is 39.6. The fourth-order valence-corrected chi connectivity index (χ4v) is 8.58. The number of nitriles is 1. The van der Waals surface area contributed by atoms with Crippen molar-refractivity contribution in [3.05, 3.63) is 87.9 Å². The number of aldehydes is 2. The molecule has 4 heterocycles. The van der Waals surface area contributed by atoms with Crippen LogP contribution in [0.1, 0.15) is 89.1 Å². The Morgan fingerprint density at radius 3 is 2.02 bits per heavy atom. The summed E-state index contributed by atoms with van der Waals surface area (Å²) < 4.78 is 6.36. The van der Waals surface area contributed by atoms with Crippen LogP contribution in [0.5, 0.6) is 5.75 Å². The lowest BCUT2D eigenvalue weighted by atomic mass is 9.88. The second-order valence-corrected chi connectivity index (χ2v) is 16.0. The van der Waals surface area contributed by atoms with Gasteiger partial charge in [0, 0.05) is 74.5 Å². The van der Waals surface area contributed by atoms with Gasteiger partial charge in [-0.25, -0.2) is 0 Å². The molecule has 0 saturated carbocycles. The largest absolute Gasteiger partial charge is 0.490 e. The number of rotatable bonds is 10. The van der Waals surface area contributed by atoms with Gasteiger partial charge in [-0.2, -0.15) is 5.26 Å². The molecule has 4 saturated heterocycles. The lowest BCUT2D eigenvalue weighted by molar-refractivity contribution is -0.136. The molecule has 0 bridgehead atoms. The van der Waals surface area contributed by atoms with Crippen molar-refractivity contribution >= 4 is 47.4 Å². The van der Waals surface area contributed by atoms with E-state index >= 15 is 0 Å². The number of hydrogen-bond donors (Lipinski definition) is 1. The smallest absolute Gasteiger partial charge is 0.243 e. The average Bonchev–Trinajstić information content (AvgIpc) is 3.22. The minimum absolute atomic E-state index is 0.132. The first kappa shape index (κ1) is 40.9. The molecule has 7 rings (SSSR count). The van der Waals surface area contributed by atoms with Crippen LogP contribution in [0.25, 0.3) is 0 Å². The van der Waals surface area contributed by atoms with E-state index in [9.17, 15) is 19.2 Å². The van der Waals surface area contributed by atoms with Gasteiger partial charge in [0.05, 0.1) is 16.6 Å². The molecule has 1 N–H and O–H groups in total. The molecule has 4 fully saturated rings. The molecular formula is C44H53ClN6O5. The van der Waals surface area contributed by atoms with E-state index in [-0.39, 0.29) is 24.0 Å². The molecular weight excluding hydrogens is 728 g/mol. The highest BCUT2D eigenvalue weighted by atomic mass is 35.5. The van der Waals surface area contributed by atoms with Crippen molar-refractivity contribution in [2.45, 2.75) is 69.4 Å². The number of ether oxygens (including phenoxy) is 1. The number of hydrogen-bond acceptors (Lipinski definition) is 10. The van der Waals surface area contributed by atoms with Crippen molar-refractivity contribution in [3.8, 4) is 11.8 Å². The van der Waals surface area contributed by atoms with Crippen LogP contribution in [0, 0.1) is 17.2 Å². The second kappa shape index (κ2) is 19.4. The molecule has 11 nitrogen and oxygen atoms in total. The first-order valence-corrected chi connectivity index (χ1v) is 20.2. The van der Waals surface area contributed by atoms with Gasteiger partial charge in [0.2, 0.25) is 11.8 Å². The van der Waals surface area contributed by atoms with Gasteiger partial charge < -0.3 is 19.4 Å². The normalized spacial score (nSPS) is 20.2. The standard InChI is InChI=1S/C37H41ClN4O3.C7H12N2O2/c38-37-22-34(5-1-30(37)23-39)42-19-13-36(14-20-42)45-35-7-3-28(4-8-35)29-11-15-40(16-12-29)24-27-9-17-41(18-10-27)33-6-2-31(25-43)32(21-33)26-44;1-9(2)5-3-4-6(10)8-7(5)11/h1-8,21-22,25-27,29,36H,9-20,24H2;5H,3-4H2,1-2H3,(H,8,10,11). The minimum Gasteiger partial charge on any atom is -0.490 e. The average molecular weight is 781 g/mol. The number of carbonyl (C=O) groups is 4. The predicted octanol–water partition coefficient (Wildman–Crippen LogP) is 6.33. The Bertz CT molecular complexity index is 1870. The van der Waals surface area contributed by atoms with Crippen molar-refractivity contribution in [1.82, 2.24) is 15.1 Å². The summed E-state index contributed by atoms with van der Waals surface area (Å²) in [6, 6.07) is 22.0. The van der Waals surface area contributed by atoms with Crippen LogP contribution in [0.2, 0.25) is 5.02 Å². The van der Waals surface area contributed by atoms with E-state index in [2.05, 4.69) is 50.4 Å². The summed E-state index contributed by atoms with van der Waals surface area (Å²) in [4.78, 5) is 53.4. The van der Waals surface area contributed by atoms with E-state index < -0.39 is 0 Å². The lowest BCUT2D eigenvalue weighted by Crippen LogP contribution is -2.50. The number of nitrogens with zero attached hydrogens (tertiary/aromatic N) is 5. The summed E-state index contributed by atoms with van der Waals surface area (Å²) in [7, 11) is 3.67. The van der Waals surface area contributed by atoms with Crippen molar-refractivity contribution in [2.75, 3.05) is 69.7 Å². The van der Waals surface area contributed by atoms with Crippen molar-refractivity contribution in [3.63, 3.8) is 0 Å². The van der Waals surface area contributed by atoms with Crippen molar-refractivity contribution in [1.29, 1.82) is 5.26 Å². The highest BCUT2D eigenvalue weighted by molar-refractivity contribution is 6.32. The van der Waals surface area contributed by atoms with Crippen molar-refractivity contribution in [2.24, 2.45) is 5.92 Å². The fourth-order valence-electron chi connectivity index (χ4n) is 8.37. The Hall–Kier alpha value is -4.76. The third-order valence-corrected chi connectivity index (χ3v) is 12.1. The summed E-state index contributed by atoms with van der Waals surface area (Å²) in [5, 5.41) is 11.9. The van der Waals surface area contributed by atoms with E-state index in [1.54, 1.807) is 12.1 Å². The number of imide groups is 1. The van der Waals surface area contributed by atoms with Crippen LogP contribution < -0.4 is 19.9 Å². The Labute approximate surface area is 335 Å². The fraction of sp³-hybridized carbons (Fsp3) is 0.477. The van der Waals surface area contributed by atoms with Gasteiger partial charge in [-0.1, -0.05) is 23.7 Å². The van der Waals surface area contributed by atoms with Gasteiger partial charge in [0.15, 0.2) is 12.6 Å². The molecule has 1 atom stereocenters. The zero-order valence-electron chi connectivity index (χ0n) is 32.5. The number of anilines is 2. The van der Waals surface area contributed by atoms with E-state index in [1.807, 2.05) is 43.3 Å². The Morgan fingerprint density at radius 1 is 0.804 bits per heavy atom. The summed E-state index contributed by atoms with van der Waals surface area (Å²) in [6.45, 7) is 7.22. The third kappa shape index (κ3) is 10.5. The number of amides is 2. The maximum Gasteiger partial charge on any atom is 0.243 e. The highest BCUT2D eigenvalue weighted by Crippen LogP contribution is 2.32. The second-order valence-electron chi connectivity index (χ2n) is 15.6. The highest BCUT2D eigenvalue weighted by Gasteiger charge is 2.28. The SMILES string of the molecule is CN(C)C1CCC(=O)NC1=O.N#Cc1ccc(N2CCC(Oc3ccc(C4CCN(CC5CCN(c6ccc(C=O)c(C=O)c6)CC5)CC4)cc3)CC2)cc1Cl. The Kier molecular flexibility index (Phi) is 14.2.